The summed E-state index contributed by atoms with van der Waals surface area (Å²) in [6.07, 6.45) is 7.69. The number of morpholine rings is 1. The van der Waals surface area contributed by atoms with Gasteiger partial charge in [0.2, 0.25) is 5.91 Å². The van der Waals surface area contributed by atoms with Crippen molar-refractivity contribution in [2.45, 2.75) is 57.6 Å². The van der Waals surface area contributed by atoms with Gasteiger partial charge in [-0.15, -0.1) is 0 Å². The summed E-state index contributed by atoms with van der Waals surface area (Å²) in [5.74, 6) is 0.352. The zero-order valence-corrected chi connectivity index (χ0v) is 14.7. The van der Waals surface area contributed by atoms with Crippen molar-refractivity contribution < 1.29 is 9.53 Å². The second-order valence-corrected chi connectivity index (χ2v) is 7.48. The van der Waals surface area contributed by atoms with E-state index in [1.165, 1.54) is 38.5 Å². The summed E-state index contributed by atoms with van der Waals surface area (Å²) in [5, 5.41) is 0. The first-order valence-corrected chi connectivity index (χ1v) is 9.58. The van der Waals surface area contributed by atoms with E-state index in [1.54, 1.807) is 0 Å². The second-order valence-electron chi connectivity index (χ2n) is 7.48. The molecule has 0 aromatic rings. The van der Waals surface area contributed by atoms with Crippen molar-refractivity contribution in [3.63, 3.8) is 0 Å². The Morgan fingerprint density at radius 3 is 2.35 bits per heavy atom. The van der Waals surface area contributed by atoms with Crippen LogP contribution in [-0.4, -0.2) is 85.2 Å². The zero-order valence-electron chi connectivity index (χ0n) is 14.7. The lowest BCUT2D eigenvalue weighted by Crippen LogP contribution is -2.52. The van der Waals surface area contributed by atoms with Crippen LogP contribution in [0.3, 0.4) is 0 Å². The van der Waals surface area contributed by atoms with Crippen LogP contribution >= 0.6 is 0 Å². The van der Waals surface area contributed by atoms with Crippen LogP contribution in [0.1, 0.15) is 45.4 Å². The first kappa shape index (κ1) is 17.2. The first-order chi connectivity index (χ1) is 11.2. The van der Waals surface area contributed by atoms with Gasteiger partial charge in [-0.2, -0.15) is 0 Å². The Morgan fingerprint density at radius 1 is 1.00 bits per heavy atom. The fourth-order valence-corrected chi connectivity index (χ4v) is 4.23. The van der Waals surface area contributed by atoms with Gasteiger partial charge in [-0.05, 0) is 32.6 Å². The summed E-state index contributed by atoms with van der Waals surface area (Å²) >= 11 is 0. The van der Waals surface area contributed by atoms with E-state index >= 15 is 0 Å². The molecule has 3 fully saturated rings. The molecule has 0 radical (unpaired) electrons. The average molecular weight is 323 g/mol. The predicted octanol–water partition coefficient (Wildman–Crippen LogP) is 1.57. The molecule has 0 aliphatic carbocycles. The first-order valence-electron chi connectivity index (χ1n) is 9.58. The van der Waals surface area contributed by atoms with Crippen molar-refractivity contribution >= 4 is 5.91 Å². The molecule has 0 aromatic carbocycles. The topological polar surface area (TPSA) is 36.0 Å². The van der Waals surface area contributed by atoms with Gasteiger partial charge in [0, 0.05) is 45.3 Å². The molecule has 5 heteroatoms. The van der Waals surface area contributed by atoms with Gasteiger partial charge < -0.3 is 9.64 Å². The highest BCUT2D eigenvalue weighted by molar-refractivity contribution is 5.78. The maximum absolute atomic E-state index is 12.5. The number of nitrogens with zero attached hydrogens (tertiary/aromatic N) is 3. The van der Waals surface area contributed by atoms with Crippen LogP contribution in [0.5, 0.6) is 0 Å². The molecule has 0 N–H and O–H groups in total. The van der Waals surface area contributed by atoms with Crippen LogP contribution in [-0.2, 0) is 9.53 Å². The summed E-state index contributed by atoms with van der Waals surface area (Å²) in [6.45, 7) is 9.88. The molecule has 0 aromatic heterocycles. The highest BCUT2D eigenvalue weighted by atomic mass is 16.5. The number of carbonyl (C=O) groups excluding carboxylic acids is 1. The second kappa shape index (κ2) is 8.45. The smallest absolute Gasteiger partial charge is 0.236 e. The number of piperidine rings is 1. The van der Waals surface area contributed by atoms with Gasteiger partial charge in [0.05, 0.1) is 19.3 Å². The molecule has 3 rings (SSSR count). The van der Waals surface area contributed by atoms with E-state index in [9.17, 15) is 4.79 Å². The van der Waals surface area contributed by atoms with Crippen LogP contribution in [0.2, 0.25) is 0 Å². The molecule has 3 heterocycles. The summed E-state index contributed by atoms with van der Waals surface area (Å²) in [5.41, 5.74) is 0. The Hall–Kier alpha value is -0.650. The van der Waals surface area contributed by atoms with E-state index < -0.39 is 0 Å². The van der Waals surface area contributed by atoms with Crippen LogP contribution in [0, 0.1) is 0 Å². The monoisotopic (exact) mass is 323 g/mol. The lowest BCUT2D eigenvalue weighted by Gasteiger charge is -2.41. The third-order valence-corrected chi connectivity index (χ3v) is 5.66. The molecule has 0 bridgehead atoms. The number of rotatable bonds is 3. The Bertz CT molecular complexity index is 374. The van der Waals surface area contributed by atoms with Crippen molar-refractivity contribution in [2.75, 3.05) is 52.4 Å². The summed E-state index contributed by atoms with van der Waals surface area (Å²) in [4.78, 5) is 19.6. The van der Waals surface area contributed by atoms with Gasteiger partial charge >= 0.3 is 0 Å². The largest absolute Gasteiger partial charge is 0.376 e. The van der Waals surface area contributed by atoms with E-state index in [0.717, 1.165) is 45.9 Å². The van der Waals surface area contributed by atoms with Gasteiger partial charge in [0.1, 0.15) is 0 Å². The Labute approximate surface area is 140 Å². The highest BCUT2D eigenvalue weighted by Crippen LogP contribution is 2.19. The molecule has 1 atom stereocenters. The van der Waals surface area contributed by atoms with Gasteiger partial charge in [-0.3, -0.25) is 14.6 Å². The molecule has 1 unspecified atom stereocenters. The molecule has 3 saturated heterocycles. The fourth-order valence-electron chi connectivity index (χ4n) is 4.23. The van der Waals surface area contributed by atoms with Gasteiger partial charge in [0.15, 0.2) is 0 Å². The molecule has 0 saturated carbocycles. The molecular formula is C18H33N3O2. The number of ether oxygens (including phenoxy) is 1. The van der Waals surface area contributed by atoms with E-state index in [-0.39, 0.29) is 0 Å². The minimum atomic E-state index is 0.352. The molecular weight excluding hydrogens is 290 g/mol. The highest BCUT2D eigenvalue weighted by Gasteiger charge is 2.29. The molecule has 0 spiro atoms. The third kappa shape index (κ3) is 4.91. The summed E-state index contributed by atoms with van der Waals surface area (Å²) < 4.78 is 5.65. The van der Waals surface area contributed by atoms with E-state index in [2.05, 4.69) is 21.6 Å². The van der Waals surface area contributed by atoms with Crippen LogP contribution in [0.4, 0.5) is 0 Å². The van der Waals surface area contributed by atoms with E-state index in [1.807, 2.05) is 0 Å². The zero-order chi connectivity index (χ0) is 16.1. The van der Waals surface area contributed by atoms with E-state index in [4.69, 9.17) is 4.74 Å². The summed E-state index contributed by atoms with van der Waals surface area (Å²) in [7, 11) is 0. The molecule has 3 aliphatic rings. The lowest BCUT2D eigenvalue weighted by molar-refractivity contribution is -0.132. The maximum atomic E-state index is 12.5. The molecule has 3 aliphatic heterocycles. The average Bonchev–Trinajstić information content (AvgIpc) is 2.85. The Kier molecular flexibility index (Phi) is 6.31. The Morgan fingerprint density at radius 2 is 1.70 bits per heavy atom. The van der Waals surface area contributed by atoms with Crippen molar-refractivity contribution in [1.82, 2.24) is 14.7 Å². The summed E-state index contributed by atoms with van der Waals surface area (Å²) in [6, 6.07) is 0.686. The van der Waals surface area contributed by atoms with Crippen molar-refractivity contribution in [3.8, 4) is 0 Å². The molecule has 5 nitrogen and oxygen atoms in total. The van der Waals surface area contributed by atoms with E-state index in [0.29, 0.717) is 24.6 Å². The fraction of sp³-hybridized carbons (Fsp3) is 0.944. The standard InChI is InChI=1S/C18H33N3O2/c1-16-14-21(12-13-23-16)17-6-10-19(11-7-17)15-18(22)20-8-4-2-3-5-9-20/h16-17H,2-15H2,1H3. The lowest BCUT2D eigenvalue weighted by atomic mass is 10.0. The van der Waals surface area contributed by atoms with Crippen molar-refractivity contribution in [1.29, 1.82) is 0 Å². The van der Waals surface area contributed by atoms with Crippen molar-refractivity contribution in [3.05, 3.63) is 0 Å². The van der Waals surface area contributed by atoms with Gasteiger partial charge in [0.25, 0.3) is 0 Å². The number of likely N-dealkylation sites (tertiary alicyclic amines) is 2. The molecule has 1 amide bonds. The van der Waals surface area contributed by atoms with Crippen LogP contribution in [0.15, 0.2) is 0 Å². The maximum Gasteiger partial charge on any atom is 0.236 e. The minimum Gasteiger partial charge on any atom is -0.376 e. The van der Waals surface area contributed by atoms with Crippen LogP contribution in [0.25, 0.3) is 0 Å². The van der Waals surface area contributed by atoms with Gasteiger partial charge in [-0.25, -0.2) is 0 Å². The SMILES string of the molecule is CC1CN(C2CCN(CC(=O)N3CCCCCC3)CC2)CCO1. The number of hydrogen-bond donors (Lipinski definition) is 0. The van der Waals surface area contributed by atoms with Crippen LogP contribution < -0.4 is 0 Å². The van der Waals surface area contributed by atoms with Crippen molar-refractivity contribution in [2.24, 2.45) is 0 Å². The van der Waals surface area contributed by atoms with Gasteiger partial charge in [-0.1, -0.05) is 12.8 Å². The predicted molar refractivity (Wildman–Crippen MR) is 91.5 cm³/mol. The minimum absolute atomic E-state index is 0.352. The normalized spacial score (nSPS) is 29.4. The number of carbonyl (C=O) groups is 1. The number of amides is 1. The molecule has 23 heavy (non-hydrogen) atoms. The Balaban J connectivity index is 1.41. The third-order valence-electron chi connectivity index (χ3n) is 5.66. The number of hydrogen-bond acceptors (Lipinski definition) is 4. The quantitative estimate of drug-likeness (QED) is 0.790. The molecule has 132 valence electrons.